The number of benzene rings is 7. The van der Waals surface area contributed by atoms with Gasteiger partial charge in [0.05, 0.1) is 54.2 Å². The Morgan fingerprint density at radius 1 is 0.431 bits per heavy atom. The summed E-state index contributed by atoms with van der Waals surface area (Å²) >= 11 is 1.52. The lowest BCUT2D eigenvalue weighted by molar-refractivity contribution is 1.17. The molecule has 0 saturated heterocycles. The number of hydrogen-bond donors (Lipinski definition) is 0. The molecule has 0 saturated carbocycles. The van der Waals surface area contributed by atoms with Crippen molar-refractivity contribution in [2.75, 3.05) is 0 Å². The van der Waals surface area contributed by atoms with Crippen molar-refractivity contribution < 1.29 is 0 Å². The van der Waals surface area contributed by atoms with Crippen molar-refractivity contribution in [2.45, 2.75) is 0 Å². The molecule has 51 heavy (non-hydrogen) atoms. The molecule has 10 aromatic rings. The number of fused-ring (bicyclic) bond motifs is 9. The molecule has 0 radical (unpaired) electrons. The second-order valence-electron chi connectivity index (χ2n) is 12.7. The third-order valence-corrected chi connectivity index (χ3v) is 11.3. The summed E-state index contributed by atoms with van der Waals surface area (Å²) < 4.78 is 6.28. The van der Waals surface area contributed by atoms with Gasteiger partial charge in [0.2, 0.25) is 0 Å². The molecule has 3 aromatic heterocycles. The van der Waals surface area contributed by atoms with E-state index in [9.17, 15) is 15.8 Å². The van der Waals surface area contributed by atoms with E-state index >= 15 is 0 Å². The molecule has 10 rings (SSSR count). The first-order chi connectivity index (χ1) is 25.2. The van der Waals surface area contributed by atoms with Crippen LogP contribution in [0.1, 0.15) is 16.7 Å². The van der Waals surface area contributed by atoms with E-state index in [0.717, 1.165) is 86.3 Å². The van der Waals surface area contributed by atoms with Gasteiger partial charge in [-0.25, -0.2) is 0 Å². The van der Waals surface area contributed by atoms with E-state index in [2.05, 4.69) is 106 Å². The van der Waals surface area contributed by atoms with Crippen LogP contribution in [0.3, 0.4) is 0 Å². The Morgan fingerprint density at radius 2 is 1.06 bits per heavy atom. The summed E-state index contributed by atoms with van der Waals surface area (Å²) in [5.41, 5.74) is 9.99. The molecular weight excluding hydrogens is 643 g/mol. The van der Waals surface area contributed by atoms with Crippen LogP contribution in [0, 0.1) is 34.0 Å². The van der Waals surface area contributed by atoms with Gasteiger partial charge in [0.25, 0.3) is 0 Å². The number of rotatable bonds is 3. The standard InChI is InChI=1S/C45H23N5S/c46-24-27-18-19-42-36(20-27)33-13-1-3-16-40(33)49(42)31-11-5-8-28(21-31)29-9-6-12-32(22-29)50-41-17-4-2-14-34(41)37-23-38-35-15-7-10-30(25-47)44(35)51-45(38)39(26-48)43(37)50/h1-23H. The second-order valence-corrected chi connectivity index (χ2v) is 13.7. The van der Waals surface area contributed by atoms with Crippen molar-refractivity contribution in [3.63, 3.8) is 0 Å². The van der Waals surface area contributed by atoms with Crippen LogP contribution in [0.15, 0.2) is 140 Å². The first-order valence-electron chi connectivity index (χ1n) is 16.5. The van der Waals surface area contributed by atoms with E-state index in [4.69, 9.17) is 0 Å². The predicted molar refractivity (Wildman–Crippen MR) is 208 cm³/mol. The highest BCUT2D eigenvalue weighted by atomic mass is 32.1. The minimum Gasteiger partial charge on any atom is -0.309 e. The lowest BCUT2D eigenvalue weighted by Gasteiger charge is -2.13. The van der Waals surface area contributed by atoms with Gasteiger partial charge in [0, 0.05) is 43.7 Å². The highest BCUT2D eigenvalue weighted by Crippen LogP contribution is 2.44. The molecule has 0 aliphatic carbocycles. The predicted octanol–water partition coefficient (Wildman–Crippen LogP) is 11.5. The van der Waals surface area contributed by atoms with Gasteiger partial charge in [-0.3, -0.25) is 0 Å². The van der Waals surface area contributed by atoms with Crippen molar-refractivity contribution in [3.05, 3.63) is 156 Å². The highest BCUT2D eigenvalue weighted by Gasteiger charge is 2.22. The Morgan fingerprint density at radius 3 is 1.76 bits per heavy atom. The van der Waals surface area contributed by atoms with Crippen molar-refractivity contribution in [3.8, 4) is 40.7 Å². The molecular formula is C45H23N5S. The number of nitriles is 3. The van der Waals surface area contributed by atoms with Crippen LogP contribution in [-0.4, -0.2) is 9.13 Å². The molecule has 0 bridgehead atoms. The lowest BCUT2D eigenvalue weighted by Crippen LogP contribution is -1.97. The summed E-state index contributed by atoms with van der Waals surface area (Å²) in [6.07, 6.45) is 0. The molecule has 0 aliphatic rings. The van der Waals surface area contributed by atoms with Gasteiger partial charge in [-0.05, 0) is 77.9 Å². The van der Waals surface area contributed by atoms with Crippen LogP contribution in [0.25, 0.3) is 86.3 Å². The molecule has 0 fully saturated rings. The Hall–Kier alpha value is -7.17. The Balaban J connectivity index is 1.19. The van der Waals surface area contributed by atoms with Gasteiger partial charge >= 0.3 is 0 Å². The molecule has 0 atom stereocenters. The van der Waals surface area contributed by atoms with Crippen molar-refractivity contribution >= 4 is 75.1 Å². The maximum Gasteiger partial charge on any atom is 0.103 e. The maximum atomic E-state index is 10.8. The number of hydrogen-bond acceptors (Lipinski definition) is 4. The minimum atomic E-state index is 0.613. The Labute approximate surface area is 295 Å². The average molecular weight is 666 g/mol. The van der Waals surface area contributed by atoms with E-state index in [0.29, 0.717) is 16.7 Å². The average Bonchev–Trinajstić information content (AvgIpc) is 3.84. The first kappa shape index (κ1) is 28.8. The summed E-state index contributed by atoms with van der Waals surface area (Å²) in [6, 6.07) is 54.8. The van der Waals surface area contributed by atoms with Crippen LogP contribution < -0.4 is 0 Å². The van der Waals surface area contributed by atoms with Gasteiger partial charge in [-0.15, -0.1) is 11.3 Å². The fourth-order valence-corrected chi connectivity index (χ4v) is 9.05. The minimum absolute atomic E-state index is 0.613. The molecule has 3 heterocycles. The summed E-state index contributed by atoms with van der Waals surface area (Å²) in [5, 5.41) is 36.5. The monoisotopic (exact) mass is 665 g/mol. The fourth-order valence-electron chi connectivity index (χ4n) is 7.81. The maximum absolute atomic E-state index is 10.8. The number of thiophene rings is 1. The van der Waals surface area contributed by atoms with Gasteiger partial charge in [-0.1, -0.05) is 72.8 Å². The van der Waals surface area contributed by atoms with Crippen molar-refractivity contribution in [2.24, 2.45) is 0 Å². The Bertz CT molecular complexity index is 3240. The van der Waals surface area contributed by atoms with Crippen molar-refractivity contribution in [1.82, 2.24) is 9.13 Å². The summed E-state index contributed by atoms with van der Waals surface area (Å²) in [6.45, 7) is 0. The lowest BCUT2D eigenvalue weighted by atomic mass is 10.0. The van der Waals surface area contributed by atoms with E-state index in [1.165, 1.54) is 11.3 Å². The third-order valence-electron chi connectivity index (χ3n) is 10.00. The molecule has 5 nitrogen and oxygen atoms in total. The summed E-state index contributed by atoms with van der Waals surface area (Å²) in [7, 11) is 0. The zero-order valence-corrected chi connectivity index (χ0v) is 27.7. The molecule has 0 spiro atoms. The third kappa shape index (κ3) is 4.11. The van der Waals surface area contributed by atoms with Crippen LogP contribution in [-0.2, 0) is 0 Å². The van der Waals surface area contributed by atoms with Gasteiger partial charge < -0.3 is 9.13 Å². The molecule has 6 heteroatoms. The summed E-state index contributed by atoms with van der Waals surface area (Å²) in [5.74, 6) is 0. The highest BCUT2D eigenvalue weighted by molar-refractivity contribution is 7.26. The molecule has 0 amide bonds. The molecule has 0 unspecified atom stereocenters. The number of para-hydroxylation sites is 2. The van der Waals surface area contributed by atoms with E-state index in [-0.39, 0.29) is 0 Å². The first-order valence-corrected chi connectivity index (χ1v) is 17.3. The molecule has 234 valence electrons. The Kier molecular flexibility index (Phi) is 6.17. The zero-order valence-electron chi connectivity index (χ0n) is 26.9. The van der Waals surface area contributed by atoms with Gasteiger partial charge in [0.1, 0.15) is 12.1 Å². The van der Waals surface area contributed by atoms with E-state index in [1.54, 1.807) is 0 Å². The SMILES string of the molecule is N#Cc1ccc2c(c1)c1ccccc1n2-c1cccc(-c2cccc(-n3c4ccccc4c4cc5c(sc6c(C#N)cccc65)c(C#N)c43)c2)c1. The van der Waals surface area contributed by atoms with Crippen LogP contribution >= 0.6 is 11.3 Å². The fraction of sp³-hybridized carbons (Fsp3) is 0. The largest absolute Gasteiger partial charge is 0.309 e. The zero-order chi connectivity index (χ0) is 34.2. The number of nitrogens with zero attached hydrogens (tertiary/aromatic N) is 5. The molecule has 7 aromatic carbocycles. The topological polar surface area (TPSA) is 81.2 Å². The summed E-state index contributed by atoms with van der Waals surface area (Å²) in [4.78, 5) is 0. The quantitative estimate of drug-likeness (QED) is 0.188. The van der Waals surface area contributed by atoms with Crippen LogP contribution in [0.2, 0.25) is 0 Å². The number of aromatic nitrogens is 2. The van der Waals surface area contributed by atoms with E-state index in [1.807, 2.05) is 60.7 Å². The second kappa shape index (κ2) is 10.9. The molecule has 0 aliphatic heterocycles. The normalized spacial score (nSPS) is 11.5. The smallest absolute Gasteiger partial charge is 0.103 e. The van der Waals surface area contributed by atoms with Gasteiger partial charge in [0.15, 0.2) is 0 Å². The van der Waals surface area contributed by atoms with E-state index < -0.39 is 0 Å². The van der Waals surface area contributed by atoms with Gasteiger partial charge in [-0.2, -0.15) is 15.8 Å². The van der Waals surface area contributed by atoms with Crippen molar-refractivity contribution in [1.29, 1.82) is 15.8 Å². The van der Waals surface area contributed by atoms with Crippen LogP contribution in [0.4, 0.5) is 0 Å². The molecule has 0 N–H and O–H groups in total. The van der Waals surface area contributed by atoms with Crippen LogP contribution in [0.5, 0.6) is 0 Å².